The highest BCUT2D eigenvalue weighted by Gasteiger charge is 2.29. The summed E-state index contributed by atoms with van der Waals surface area (Å²) in [6, 6.07) is 7.35. The minimum absolute atomic E-state index is 0.627. The van der Waals surface area contributed by atoms with Gasteiger partial charge in [0.2, 0.25) is 0 Å². The van der Waals surface area contributed by atoms with Crippen LogP contribution in [0.1, 0.15) is 25.0 Å². The van der Waals surface area contributed by atoms with Gasteiger partial charge in [0.05, 0.1) is 0 Å². The molecule has 0 fully saturated rings. The molecule has 0 amide bonds. The maximum atomic E-state index is 10.9. The number of rotatable bonds is 3. The normalized spacial score (nSPS) is 14.8. The Morgan fingerprint density at radius 2 is 1.93 bits per heavy atom. The van der Waals surface area contributed by atoms with E-state index in [-0.39, 0.29) is 0 Å². The van der Waals surface area contributed by atoms with Gasteiger partial charge in [-0.05, 0) is 24.5 Å². The Labute approximate surface area is 83.6 Å². The Bertz CT molecular complexity index is 328. The van der Waals surface area contributed by atoms with E-state index in [1.165, 1.54) is 12.5 Å². The van der Waals surface area contributed by atoms with Gasteiger partial charge in [-0.1, -0.05) is 31.2 Å². The SMILES string of the molecule is CCc1ccc(C(C)(N)C(=O)O)cc1. The quantitative estimate of drug-likeness (QED) is 0.764. The topological polar surface area (TPSA) is 63.3 Å². The molecule has 0 aromatic heterocycles. The number of nitrogens with two attached hydrogens (primary N) is 1. The van der Waals surface area contributed by atoms with E-state index in [2.05, 4.69) is 0 Å². The average Bonchev–Trinajstić information content (AvgIpc) is 2.17. The minimum atomic E-state index is -1.30. The van der Waals surface area contributed by atoms with Crippen molar-refractivity contribution in [2.75, 3.05) is 0 Å². The van der Waals surface area contributed by atoms with Gasteiger partial charge in [-0.15, -0.1) is 0 Å². The van der Waals surface area contributed by atoms with Gasteiger partial charge in [0, 0.05) is 0 Å². The molecule has 1 aromatic rings. The van der Waals surface area contributed by atoms with Gasteiger partial charge in [-0.25, -0.2) is 4.79 Å². The van der Waals surface area contributed by atoms with Crippen LogP contribution >= 0.6 is 0 Å². The van der Waals surface area contributed by atoms with E-state index in [9.17, 15) is 4.79 Å². The van der Waals surface area contributed by atoms with E-state index in [0.717, 1.165) is 6.42 Å². The van der Waals surface area contributed by atoms with Crippen molar-refractivity contribution in [3.05, 3.63) is 35.4 Å². The maximum Gasteiger partial charge on any atom is 0.328 e. The zero-order chi connectivity index (χ0) is 10.8. The summed E-state index contributed by atoms with van der Waals surface area (Å²) in [6.07, 6.45) is 0.939. The molecule has 3 N–H and O–H groups in total. The summed E-state index contributed by atoms with van der Waals surface area (Å²) in [4.78, 5) is 10.9. The third kappa shape index (κ3) is 1.93. The molecule has 0 aliphatic rings. The van der Waals surface area contributed by atoms with Crippen LogP contribution in [-0.2, 0) is 16.8 Å². The first-order chi connectivity index (χ1) is 6.48. The van der Waals surface area contributed by atoms with E-state index in [4.69, 9.17) is 10.8 Å². The van der Waals surface area contributed by atoms with E-state index in [0.29, 0.717) is 5.56 Å². The second-order valence-electron chi connectivity index (χ2n) is 3.56. The van der Waals surface area contributed by atoms with Crippen LogP contribution in [0.5, 0.6) is 0 Å². The number of aryl methyl sites for hydroxylation is 1. The van der Waals surface area contributed by atoms with E-state index < -0.39 is 11.5 Å². The van der Waals surface area contributed by atoms with E-state index in [1.54, 1.807) is 12.1 Å². The molecule has 0 spiro atoms. The Morgan fingerprint density at radius 3 is 2.29 bits per heavy atom. The molecule has 0 saturated carbocycles. The summed E-state index contributed by atoms with van der Waals surface area (Å²) >= 11 is 0. The number of aliphatic carboxylic acids is 1. The monoisotopic (exact) mass is 193 g/mol. The third-order valence-corrected chi connectivity index (χ3v) is 2.41. The minimum Gasteiger partial charge on any atom is -0.480 e. The molecular weight excluding hydrogens is 178 g/mol. The molecule has 14 heavy (non-hydrogen) atoms. The van der Waals surface area contributed by atoms with Gasteiger partial charge < -0.3 is 10.8 Å². The fraction of sp³-hybridized carbons (Fsp3) is 0.364. The van der Waals surface area contributed by atoms with Crippen LogP contribution in [0.3, 0.4) is 0 Å². The number of hydrogen-bond donors (Lipinski definition) is 2. The number of carboxylic acids is 1. The summed E-state index contributed by atoms with van der Waals surface area (Å²) in [5, 5.41) is 8.90. The first kappa shape index (κ1) is 10.7. The van der Waals surface area contributed by atoms with Gasteiger partial charge in [0.15, 0.2) is 0 Å². The Hall–Kier alpha value is -1.35. The standard InChI is InChI=1S/C11H15NO2/c1-3-8-4-6-9(7-5-8)11(2,12)10(13)14/h4-7H,3,12H2,1-2H3,(H,13,14). The summed E-state index contributed by atoms with van der Waals surface area (Å²) in [7, 11) is 0. The average molecular weight is 193 g/mol. The number of benzene rings is 1. The Morgan fingerprint density at radius 1 is 1.43 bits per heavy atom. The highest BCUT2D eigenvalue weighted by molar-refractivity contribution is 5.79. The summed E-state index contributed by atoms with van der Waals surface area (Å²) in [6.45, 7) is 3.55. The predicted molar refractivity (Wildman–Crippen MR) is 55.0 cm³/mol. The number of carbonyl (C=O) groups is 1. The molecule has 0 heterocycles. The van der Waals surface area contributed by atoms with Crippen LogP contribution in [0.2, 0.25) is 0 Å². The molecule has 3 nitrogen and oxygen atoms in total. The van der Waals surface area contributed by atoms with E-state index >= 15 is 0 Å². The zero-order valence-corrected chi connectivity index (χ0v) is 8.45. The van der Waals surface area contributed by atoms with Crippen molar-refractivity contribution in [1.82, 2.24) is 0 Å². The fourth-order valence-electron chi connectivity index (χ4n) is 1.21. The van der Waals surface area contributed by atoms with Gasteiger partial charge in [0.25, 0.3) is 0 Å². The second-order valence-corrected chi connectivity index (χ2v) is 3.56. The van der Waals surface area contributed by atoms with Crippen molar-refractivity contribution in [2.45, 2.75) is 25.8 Å². The third-order valence-electron chi connectivity index (χ3n) is 2.41. The molecule has 1 atom stereocenters. The Kier molecular flexibility index (Phi) is 2.91. The number of hydrogen-bond acceptors (Lipinski definition) is 2. The largest absolute Gasteiger partial charge is 0.480 e. The van der Waals surface area contributed by atoms with Crippen molar-refractivity contribution < 1.29 is 9.90 Å². The van der Waals surface area contributed by atoms with Crippen molar-refractivity contribution in [1.29, 1.82) is 0 Å². The van der Waals surface area contributed by atoms with Crippen LogP contribution in [0.25, 0.3) is 0 Å². The van der Waals surface area contributed by atoms with Crippen molar-refractivity contribution in [2.24, 2.45) is 5.73 Å². The molecular formula is C11H15NO2. The molecule has 1 unspecified atom stereocenters. The molecule has 3 heteroatoms. The zero-order valence-electron chi connectivity index (χ0n) is 8.45. The van der Waals surface area contributed by atoms with Crippen molar-refractivity contribution in [3.63, 3.8) is 0 Å². The fourth-order valence-corrected chi connectivity index (χ4v) is 1.21. The molecule has 0 saturated heterocycles. The van der Waals surface area contributed by atoms with Crippen LogP contribution < -0.4 is 5.73 Å². The first-order valence-electron chi connectivity index (χ1n) is 4.60. The highest BCUT2D eigenvalue weighted by atomic mass is 16.4. The lowest BCUT2D eigenvalue weighted by atomic mass is 9.92. The summed E-state index contributed by atoms with van der Waals surface area (Å²) in [5.41, 5.74) is 6.18. The van der Waals surface area contributed by atoms with Crippen LogP contribution in [0, 0.1) is 0 Å². The lowest BCUT2D eigenvalue weighted by molar-refractivity contribution is -0.143. The number of carboxylic acid groups (broad SMARTS) is 1. The Balaban J connectivity index is 3.02. The molecule has 0 radical (unpaired) electrons. The van der Waals surface area contributed by atoms with Crippen LogP contribution in [0.4, 0.5) is 0 Å². The summed E-state index contributed by atoms with van der Waals surface area (Å²) in [5.74, 6) is -1.01. The van der Waals surface area contributed by atoms with E-state index in [1.807, 2.05) is 19.1 Å². The van der Waals surface area contributed by atoms with Gasteiger partial charge in [-0.2, -0.15) is 0 Å². The lowest BCUT2D eigenvalue weighted by Gasteiger charge is -2.19. The molecule has 0 bridgehead atoms. The molecule has 0 aliphatic heterocycles. The summed E-state index contributed by atoms with van der Waals surface area (Å²) < 4.78 is 0. The second kappa shape index (κ2) is 3.80. The van der Waals surface area contributed by atoms with Gasteiger partial charge in [0.1, 0.15) is 5.54 Å². The lowest BCUT2D eigenvalue weighted by Crippen LogP contribution is -2.41. The molecule has 1 aromatic carbocycles. The molecule has 76 valence electrons. The van der Waals surface area contributed by atoms with Gasteiger partial charge in [-0.3, -0.25) is 0 Å². The van der Waals surface area contributed by atoms with Crippen molar-refractivity contribution in [3.8, 4) is 0 Å². The molecule has 1 rings (SSSR count). The van der Waals surface area contributed by atoms with Crippen molar-refractivity contribution >= 4 is 5.97 Å². The highest BCUT2D eigenvalue weighted by Crippen LogP contribution is 2.18. The van der Waals surface area contributed by atoms with Crippen LogP contribution in [0.15, 0.2) is 24.3 Å². The molecule has 0 aliphatic carbocycles. The first-order valence-corrected chi connectivity index (χ1v) is 4.60. The smallest absolute Gasteiger partial charge is 0.328 e. The predicted octanol–water partition coefficient (Wildman–Crippen LogP) is 1.51. The van der Waals surface area contributed by atoms with Gasteiger partial charge >= 0.3 is 5.97 Å². The maximum absolute atomic E-state index is 10.9. The van der Waals surface area contributed by atoms with Crippen LogP contribution in [-0.4, -0.2) is 11.1 Å².